The summed E-state index contributed by atoms with van der Waals surface area (Å²) in [6, 6.07) is 11.9. The quantitative estimate of drug-likeness (QED) is 0.582. The maximum atomic E-state index is 6.13. The second-order valence-electron chi connectivity index (χ2n) is 5.18. The van der Waals surface area contributed by atoms with E-state index in [0.717, 1.165) is 22.3 Å². The van der Waals surface area contributed by atoms with Gasteiger partial charge < -0.3 is 0 Å². The van der Waals surface area contributed by atoms with E-state index in [1.807, 2.05) is 36.4 Å². The molecule has 3 rings (SSSR count). The van der Waals surface area contributed by atoms with Crippen LogP contribution < -0.4 is 0 Å². The molecule has 104 valence electrons. The van der Waals surface area contributed by atoms with E-state index in [1.54, 1.807) is 11.8 Å². The van der Waals surface area contributed by atoms with Gasteiger partial charge in [0, 0.05) is 17.4 Å². The molecule has 0 saturated heterocycles. The van der Waals surface area contributed by atoms with Crippen molar-refractivity contribution in [3.8, 4) is 11.4 Å². The molecule has 20 heavy (non-hydrogen) atoms. The Kier molecular flexibility index (Phi) is 4.58. The summed E-state index contributed by atoms with van der Waals surface area (Å²) in [5.74, 6) is 2.70. The van der Waals surface area contributed by atoms with Crippen molar-refractivity contribution in [3.63, 3.8) is 0 Å². The molecule has 0 unspecified atom stereocenters. The fourth-order valence-corrected chi connectivity index (χ4v) is 3.90. The Bertz CT molecular complexity index is 568. The predicted molar refractivity (Wildman–Crippen MR) is 85.2 cm³/mol. The molecule has 0 aliphatic heterocycles. The Morgan fingerprint density at radius 2 is 1.85 bits per heavy atom. The zero-order chi connectivity index (χ0) is 13.8. The van der Waals surface area contributed by atoms with Crippen LogP contribution in [-0.2, 0) is 0 Å². The highest BCUT2D eigenvalue weighted by atomic mass is 35.5. The minimum Gasteiger partial charge on any atom is -0.222 e. The standard InChI is InChI=1S/C16H17ClN2S/c17-14-10-15(20-11-12-6-4-5-7-12)19-16(18-14)13-8-2-1-3-9-13/h1-3,8-10,12H,4-7,11H2. The Balaban J connectivity index is 1.76. The van der Waals surface area contributed by atoms with Gasteiger partial charge in [0.25, 0.3) is 0 Å². The van der Waals surface area contributed by atoms with E-state index in [-0.39, 0.29) is 0 Å². The van der Waals surface area contributed by atoms with Crippen molar-refractivity contribution < 1.29 is 0 Å². The number of halogens is 1. The second-order valence-corrected chi connectivity index (χ2v) is 6.61. The minimum absolute atomic E-state index is 0.521. The second kappa shape index (κ2) is 6.59. The summed E-state index contributed by atoms with van der Waals surface area (Å²) in [6.45, 7) is 0. The first kappa shape index (κ1) is 13.9. The molecular weight excluding hydrogens is 288 g/mol. The lowest BCUT2D eigenvalue weighted by Crippen LogP contribution is -1.98. The van der Waals surface area contributed by atoms with Gasteiger partial charge in [-0.2, -0.15) is 0 Å². The molecule has 0 bridgehead atoms. The molecule has 1 aliphatic carbocycles. The van der Waals surface area contributed by atoms with E-state index < -0.39 is 0 Å². The van der Waals surface area contributed by atoms with Crippen LogP contribution in [0.2, 0.25) is 5.15 Å². The van der Waals surface area contributed by atoms with Crippen LogP contribution in [-0.4, -0.2) is 15.7 Å². The van der Waals surface area contributed by atoms with Gasteiger partial charge in [0.15, 0.2) is 5.82 Å². The number of hydrogen-bond donors (Lipinski definition) is 0. The number of benzene rings is 1. The van der Waals surface area contributed by atoms with Crippen LogP contribution in [0.4, 0.5) is 0 Å². The molecule has 1 aromatic heterocycles. The molecule has 1 fully saturated rings. The van der Waals surface area contributed by atoms with Gasteiger partial charge >= 0.3 is 0 Å². The molecule has 0 atom stereocenters. The van der Waals surface area contributed by atoms with Crippen molar-refractivity contribution in [2.45, 2.75) is 30.7 Å². The lowest BCUT2D eigenvalue weighted by atomic mass is 10.1. The van der Waals surface area contributed by atoms with E-state index in [1.165, 1.54) is 25.7 Å². The van der Waals surface area contributed by atoms with Gasteiger partial charge in [-0.1, -0.05) is 54.8 Å². The normalized spacial score (nSPS) is 15.7. The van der Waals surface area contributed by atoms with Crippen LogP contribution in [0.1, 0.15) is 25.7 Å². The van der Waals surface area contributed by atoms with Gasteiger partial charge in [0.2, 0.25) is 0 Å². The Labute approximate surface area is 129 Å². The van der Waals surface area contributed by atoms with Crippen molar-refractivity contribution >= 4 is 23.4 Å². The molecule has 0 amide bonds. The monoisotopic (exact) mass is 304 g/mol. The Morgan fingerprint density at radius 1 is 1.10 bits per heavy atom. The summed E-state index contributed by atoms with van der Waals surface area (Å²) in [4.78, 5) is 8.96. The molecule has 1 saturated carbocycles. The van der Waals surface area contributed by atoms with E-state index in [9.17, 15) is 0 Å². The average Bonchev–Trinajstić information content (AvgIpc) is 2.99. The van der Waals surface area contributed by atoms with E-state index in [2.05, 4.69) is 9.97 Å². The smallest absolute Gasteiger partial charge is 0.162 e. The highest BCUT2D eigenvalue weighted by Crippen LogP contribution is 2.31. The number of hydrogen-bond acceptors (Lipinski definition) is 3. The summed E-state index contributed by atoms with van der Waals surface area (Å²) in [7, 11) is 0. The number of nitrogens with zero attached hydrogens (tertiary/aromatic N) is 2. The summed E-state index contributed by atoms with van der Waals surface area (Å²) >= 11 is 7.94. The first-order chi connectivity index (χ1) is 9.81. The zero-order valence-corrected chi connectivity index (χ0v) is 12.8. The highest BCUT2D eigenvalue weighted by molar-refractivity contribution is 7.99. The molecule has 2 aromatic rings. The van der Waals surface area contributed by atoms with Crippen molar-refractivity contribution in [2.75, 3.05) is 5.75 Å². The first-order valence-corrected chi connectivity index (χ1v) is 8.40. The minimum atomic E-state index is 0.521. The molecule has 0 radical (unpaired) electrons. The average molecular weight is 305 g/mol. The molecule has 1 aliphatic rings. The molecular formula is C16H17ClN2S. The summed E-state index contributed by atoms with van der Waals surface area (Å²) < 4.78 is 0. The molecule has 0 spiro atoms. The number of thioether (sulfide) groups is 1. The van der Waals surface area contributed by atoms with E-state index in [0.29, 0.717) is 11.0 Å². The van der Waals surface area contributed by atoms with Crippen molar-refractivity contribution in [3.05, 3.63) is 41.6 Å². The van der Waals surface area contributed by atoms with E-state index >= 15 is 0 Å². The SMILES string of the molecule is Clc1cc(SCC2CCCC2)nc(-c2ccccc2)n1. The third-order valence-corrected chi connectivity index (χ3v) is 4.98. The van der Waals surface area contributed by atoms with Crippen molar-refractivity contribution in [1.29, 1.82) is 0 Å². The highest BCUT2D eigenvalue weighted by Gasteiger charge is 2.16. The molecule has 0 N–H and O–H groups in total. The van der Waals surface area contributed by atoms with E-state index in [4.69, 9.17) is 11.6 Å². The predicted octanol–water partition coefficient (Wildman–Crippen LogP) is 5.08. The molecule has 1 heterocycles. The third-order valence-electron chi connectivity index (χ3n) is 3.65. The van der Waals surface area contributed by atoms with Gasteiger partial charge in [0.05, 0.1) is 0 Å². The Morgan fingerprint density at radius 3 is 2.60 bits per heavy atom. The lowest BCUT2D eigenvalue weighted by Gasteiger charge is -2.09. The maximum absolute atomic E-state index is 6.13. The summed E-state index contributed by atoms with van der Waals surface area (Å²) in [6.07, 6.45) is 5.48. The van der Waals surface area contributed by atoms with Crippen LogP contribution >= 0.6 is 23.4 Å². The van der Waals surface area contributed by atoms with Crippen LogP contribution in [0.15, 0.2) is 41.4 Å². The van der Waals surface area contributed by atoms with Gasteiger partial charge in [0.1, 0.15) is 10.2 Å². The topological polar surface area (TPSA) is 25.8 Å². The summed E-state index contributed by atoms with van der Waals surface area (Å²) in [5.41, 5.74) is 1.01. The third kappa shape index (κ3) is 3.53. The molecule has 4 heteroatoms. The Hall–Kier alpha value is -1.06. The number of aromatic nitrogens is 2. The zero-order valence-electron chi connectivity index (χ0n) is 11.3. The van der Waals surface area contributed by atoms with Gasteiger partial charge in [-0.05, 0) is 18.8 Å². The first-order valence-electron chi connectivity index (χ1n) is 7.04. The number of rotatable bonds is 4. The fourth-order valence-electron chi connectivity index (χ4n) is 2.57. The largest absolute Gasteiger partial charge is 0.222 e. The van der Waals surface area contributed by atoms with Crippen LogP contribution in [0.3, 0.4) is 0 Å². The molecule has 1 aromatic carbocycles. The van der Waals surface area contributed by atoms with Crippen LogP contribution in [0.25, 0.3) is 11.4 Å². The maximum Gasteiger partial charge on any atom is 0.162 e. The fraction of sp³-hybridized carbons (Fsp3) is 0.375. The summed E-state index contributed by atoms with van der Waals surface area (Å²) in [5, 5.41) is 1.50. The van der Waals surface area contributed by atoms with Gasteiger partial charge in [-0.15, -0.1) is 11.8 Å². The van der Waals surface area contributed by atoms with Gasteiger partial charge in [-0.25, -0.2) is 9.97 Å². The van der Waals surface area contributed by atoms with Crippen molar-refractivity contribution in [2.24, 2.45) is 5.92 Å². The van der Waals surface area contributed by atoms with Gasteiger partial charge in [-0.3, -0.25) is 0 Å². The molecule has 2 nitrogen and oxygen atoms in total. The lowest BCUT2D eigenvalue weighted by molar-refractivity contribution is 0.623. The van der Waals surface area contributed by atoms with Crippen molar-refractivity contribution in [1.82, 2.24) is 9.97 Å². The van der Waals surface area contributed by atoms with Crippen LogP contribution in [0, 0.1) is 5.92 Å². The van der Waals surface area contributed by atoms with Crippen LogP contribution in [0.5, 0.6) is 0 Å².